The van der Waals surface area contributed by atoms with Gasteiger partial charge in [0, 0.05) is 11.5 Å². The summed E-state index contributed by atoms with van der Waals surface area (Å²) in [6.45, 7) is 9.07. The van der Waals surface area contributed by atoms with Crippen LogP contribution >= 0.6 is 0 Å². The number of ether oxygens (including phenoxy) is 1. The molecule has 0 bridgehead atoms. The van der Waals surface area contributed by atoms with E-state index in [2.05, 4.69) is 33.0 Å². The SMILES string of the molecule is CC(CC(C)(C)C)Oc1cccc2ccc(NCc3ccc(-c4ccccc4[N+](=O)[O-])o3)nc12. The molecule has 0 saturated heterocycles. The summed E-state index contributed by atoms with van der Waals surface area (Å²) in [5.41, 5.74) is 1.44. The van der Waals surface area contributed by atoms with E-state index in [-0.39, 0.29) is 17.2 Å². The van der Waals surface area contributed by atoms with Crippen molar-refractivity contribution in [3.05, 3.63) is 82.6 Å². The number of benzene rings is 2. The summed E-state index contributed by atoms with van der Waals surface area (Å²) in [6.07, 6.45) is 0.995. The lowest BCUT2D eigenvalue weighted by Crippen LogP contribution is -2.20. The molecular formula is C27H29N3O4. The van der Waals surface area contributed by atoms with E-state index >= 15 is 0 Å². The van der Waals surface area contributed by atoms with Crippen molar-refractivity contribution >= 4 is 22.4 Å². The Balaban J connectivity index is 1.50. The van der Waals surface area contributed by atoms with Gasteiger partial charge < -0.3 is 14.5 Å². The van der Waals surface area contributed by atoms with Crippen molar-refractivity contribution in [2.24, 2.45) is 5.41 Å². The van der Waals surface area contributed by atoms with Crippen LogP contribution in [-0.2, 0) is 6.54 Å². The smallest absolute Gasteiger partial charge is 0.280 e. The summed E-state index contributed by atoms with van der Waals surface area (Å²) < 4.78 is 12.1. The highest BCUT2D eigenvalue weighted by atomic mass is 16.6. The Morgan fingerprint density at radius 2 is 1.85 bits per heavy atom. The quantitative estimate of drug-likeness (QED) is 0.221. The van der Waals surface area contributed by atoms with Crippen molar-refractivity contribution < 1.29 is 14.1 Å². The van der Waals surface area contributed by atoms with Crippen LogP contribution in [0.3, 0.4) is 0 Å². The van der Waals surface area contributed by atoms with Crippen LogP contribution in [0, 0.1) is 15.5 Å². The predicted molar refractivity (Wildman–Crippen MR) is 134 cm³/mol. The molecular weight excluding hydrogens is 430 g/mol. The average Bonchev–Trinajstić information content (AvgIpc) is 3.25. The molecule has 0 aliphatic carbocycles. The van der Waals surface area contributed by atoms with Gasteiger partial charge in [0.1, 0.15) is 28.6 Å². The minimum atomic E-state index is -0.406. The first kappa shape index (κ1) is 23.3. The van der Waals surface area contributed by atoms with E-state index in [4.69, 9.17) is 14.1 Å². The minimum absolute atomic E-state index is 0.0146. The number of rotatable bonds is 8. The molecule has 1 unspecified atom stereocenters. The van der Waals surface area contributed by atoms with Gasteiger partial charge in [0.2, 0.25) is 0 Å². The van der Waals surface area contributed by atoms with Gasteiger partial charge in [-0.25, -0.2) is 4.98 Å². The third-order valence-corrected chi connectivity index (χ3v) is 5.38. The maximum atomic E-state index is 11.3. The lowest BCUT2D eigenvalue weighted by atomic mass is 9.90. The largest absolute Gasteiger partial charge is 0.488 e. The van der Waals surface area contributed by atoms with Crippen molar-refractivity contribution in [3.8, 4) is 17.1 Å². The number of hydrogen-bond donors (Lipinski definition) is 1. The Morgan fingerprint density at radius 1 is 1.06 bits per heavy atom. The Bertz CT molecular complexity index is 1310. The first-order valence-electron chi connectivity index (χ1n) is 11.3. The van der Waals surface area contributed by atoms with Crippen LogP contribution in [0.1, 0.15) is 39.9 Å². The number of anilines is 1. The van der Waals surface area contributed by atoms with E-state index in [1.165, 1.54) is 6.07 Å². The summed E-state index contributed by atoms with van der Waals surface area (Å²) in [4.78, 5) is 15.7. The van der Waals surface area contributed by atoms with Gasteiger partial charge in [0.05, 0.1) is 23.1 Å². The molecule has 0 radical (unpaired) electrons. The first-order chi connectivity index (χ1) is 16.2. The lowest BCUT2D eigenvalue weighted by Gasteiger charge is -2.24. The molecule has 0 fully saturated rings. The second-order valence-electron chi connectivity index (χ2n) is 9.61. The summed E-state index contributed by atoms with van der Waals surface area (Å²) in [5, 5.41) is 15.6. The second kappa shape index (κ2) is 9.55. The minimum Gasteiger partial charge on any atom is -0.488 e. The fraction of sp³-hybridized carbons (Fsp3) is 0.296. The van der Waals surface area contributed by atoms with Crippen LogP contribution in [-0.4, -0.2) is 16.0 Å². The van der Waals surface area contributed by atoms with E-state index < -0.39 is 4.92 Å². The van der Waals surface area contributed by atoms with Crippen molar-refractivity contribution in [1.29, 1.82) is 0 Å². The molecule has 176 valence electrons. The van der Waals surface area contributed by atoms with Gasteiger partial charge >= 0.3 is 0 Å². The van der Waals surface area contributed by atoms with Gasteiger partial charge in [-0.05, 0) is 55.2 Å². The lowest BCUT2D eigenvalue weighted by molar-refractivity contribution is -0.384. The van der Waals surface area contributed by atoms with Crippen LogP contribution in [0.2, 0.25) is 0 Å². The number of hydrogen-bond acceptors (Lipinski definition) is 6. The Morgan fingerprint density at radius 3 is 2.62 bits per heavy atom. The number of fused-ring (bicyclic) bond motifs is 1. The molecule has 2 aromatic carbocycles. The highest BCUT2D eigenvalue weighted by molar-refractivity contribution is 5.85. The fourth-order valence-corrected chi connectivity index (χ4v) is 4.07. The summed E-state index contributed by atoms with van der Waals surface area (Å²) in [6, 6.07) is 20.0. The zero-order valence-electron chi connectivity index (χ0n) is 19.9. The predicted octanol–water partition coefficient (Wildman–Crippen LogP) is 7.22. The molecule has 2 heterocycles. The fourth-order valence-electron chi connectivity index (χ4n) is 4.07. The molecule has 7 nitrogen and oxygen atoms in total. The normalized spacial score (nSPS) is 12.5. The molecule has 0 spiro atoms. The number of nitrogens with zero attached hydrogens (tertiary/aromatic N) is 2. The highest BCUT2D eigenvalue weighted by Crippen LogP contribution is 2.32. The molecule has 34 heavy (non-hydrogen) atoms. The molecule has 0 aliphatic rings. The molecule has 1 N–H and O–H groups in total. The number of nitro groups is 1. The molecule has 4 rings (SSSR count). The average molecular weight is 460 g/mol. The molecule has 0 saturated carbocycles. The first-order valence-corrected chi connectivity index (χ1v) is 11.3. The number of para-hydroxylation sites is 2. The zero-order chi connectivity index (χ0) is 24.3. The van der Waals surface area contributed by atoms with Crippen molar-refractivity contribution in [3.63, 3.8) is 0 Å². The Hall–Kier alpha value is -3.87. The van der Waals surface area contributed by atoms with Crippen molar-refractivity contribution in [1.82, 2.24) is 4.98 Å². The van der Waals surface area contributed by atoms with Crippen LogP contribution in [0.25, 0.3) is 22.2 Å². The molecule has 4 aromatic rings. The third-order valence-electron chi connectivity index (χ3n) is 5.38. The number of furan rings is 1. The molecule has 0 amide bonds. The molecule has 7 heteroatoms. The standard InChI is InChI=1S/C27H29N3O4/c1-18(16-27(2,3)4)33-24-11-7-8-19-12-15-25(29-26(19)24)28-17-20-13-14-23(34-20)21-9-5-6-10-22(21)30(31)32/h5-15,18H,16-17H2,1-4H3,(H,28,29). The molecule has 1 atom stereocenters. The van der Waals surface area contributed by atoms with E-state index in [9.17, 15) is 10.1 Å². The van der Waals surface area contributed by atoms with Crippen LogP contribution in [0.5, 0.6) is 5.75 Å². The summed E-state index contributed by atoms with van der Waals surface area (Å²) in [7, 11) is 0. The van der Waals surface area contributed by atoms with Crippen LogP contribution in [0.4, 0.5) is 11.5 Å². The van der Waals surface area contributed by atoms with E-state index in [1.807, 2.05) is 36.4 Å². The van der Waals surface area contributed by atoms with Crippen molar-refractivity contribution in [2.45, 2.75) is 46.8 Å². The van der Waals surface area contributed by atoms with Gasteiger partial charge in [0.25, 0.3) is 5.69 Å². The van der Waals surface area contributed by atoms with Gasteiger partial charge in [-0.3, -0.25) is 10.1 Å². The number of pyridine rings is 1. The number of nitrogens with one attached hydrogen (secondary N) is 1. The van der Waals surface area contributed by atoms with Gasteiger partial charge in [-0.2, -0.15) is 0 Å². The highest BCUT2D eigenvalue weighted by Gasteiger charge is 2.19. The number of nitro benzene ring substituents is 1. The van der Waals surface area contributed by atoms with E-state index in [0.29, 0.717) is 29.4 Å². The van der Waals surface area contributed by atoms with E-state index in [0.717, 1.165) is 23.1 Å². The molecule has 2 aromatic heterocycles. The van der Waals surface area contributed by atoms with Crippen molar-refractivity contribution in [2.75, 3.05) is 5.32 Å². The topological polar surface area (TPSA) is 90.4 Å². The summed E-state index contributed by atoms with van der Waals surface area (Å²) >= 11 is 0. The third kappa shape index (κ3) is 5.54. The Labute approximate surface area is 198 Å². The number of aromatic nitrogens is 1. The molecule has 0 aliphatic heterocycles. The van der Waals surface area contributed by atoms with Gasteiger partial charge in [0.15, 0.2) is 0 Å². The van der Waals surface area contributed by atoms with Crippen LogP contribution < -0.4 is 10.1 Å². The summed E-state index contributed by atoms with van der Waals surface area (Å²) in [5.74, 6) is 2.56. The second-order valence-corrected chi connectivity index (χ2v) is 9.61. The monoisotopic (exact) mass is 459 g/mol. The van der Waals surface area contributed by atoms with Gasteiger partial charge in [-0.1, -0.05) is 45.0 Å². The zero-order valence-corrected chi connectivity index (χ0v) is 19.9. The van der Waals surface area contributed by atoms with Crippen LogP contribution in [0.15, 0.2) is 71.1 Å². The maximum Gasteiger partial charge on any atom is 0.280 e. The van der Waals surface area contributed by atoms with Gasteiger partial charge in [-0.15, -0.1) is 0 Å². The van der Waals surface area contributed by atoms with E-state index in [1.54, 1.807) is 24.3 Å². The Kier molecular flexibility index (Phi) is 6.54. The maximum absolute atomic E-state index is 11.3.